The largest absolute Gasteiger partial charge is 0.309 e. The fourth-order valence-corrected chi connectivity index (χ4v) is 2.12. The van der Waals surface area contributed by atoms with Crippen molar-refractivity contribution in [2.45, 2.75) is 26.3 Å². The van der Waals surface area contributed by atoms with Crippen molar-refractivity contribution in [1.82, 2.24) is 20.0 Å². The molecule has 1 aromatic rings. The standard InChI is InChI=1S/C11H20N4O2S/c1-9(11-10(2)13-7-8-14-11)12-5-4-6-15-18(3,16)17/h7-9,12,15H,4-6H2,1-3H3. The fraction of sp³-hybridized carbons (Fsp3) is 0.636. The Hall–Kier alpha value is -1.05. The molecule has 102 valence electrons. The summed E-state index contributed by atoms with van der Waals surface area (Å²) in [6, 6.07) is 0.108. The average Bonchev–Trinajstić information content (AvgIpc) is 2.27. The van der Waals surface area contributed by atoms with E-state index in [4.69, 9.17) is 0 Å². The lowest BCUT2D eigenvalue weighted by atomic mass is 10.2. The molecule has 1 unspecified atom stereocenters. The van der Waals surface area contributed by atoms with Crippen molar-refractivity contribution >= 4 is 10.0 Å². The van der Waals surface area contributed by atoms with E-state index in [1.807, 2.05) is 13.8 Å². The zero-order valence-corrected chi connectivity index (χ0v) is 11.8. The molecule has 0 saturated carbocycles. The SMILES string of the molecule is Cc1nccnc1C(C)NCCCNS(C)(=O)=O. The first-order chi connectivity index (χ1) is 8.40. The molecule has 0 fully saturated rings. The van der Waals surface area contributed by atoms with Gasteiger partial charge in [0.25, 0.3) is 0 Å². The average molecular weight is 272 g/mol. The quantitative estimate of drug-likeness (QED) is 0.701. The lowest BCUT2D eigenvalue weighted by Crippen LogP contribution is -2.28. The summed E-state index contributed by atoms with van der Waals surface area (Å²) in [6.07, 6.45) is 5.23. The van der Waals surface area contributed by atoms with Crippen LogP contribution in [0.3, 0.4) is 0 Å². The van der Waals surface area contributed by atoms with E-state index in [2.05, 4.69) is 20.0 Å². The van der Waals surface area contributed by atoms with Crippen LogP contribution in [0.1, 0.15) is 30.8 Å². The molecule has 1 heterocycles. The van der Waals surface area contributed by atoms with Gasteiger partial charge in [0.05, 0.1) is 17.6 Å². The molecule has 0 spiro atoms. The summed E-state index contributed by atoms with van der Waals surface area (Å²) in [5.74, 6) is 0. The monoisotopic (exact) mass is 272 g/mol. The van der Waals surface area contributed by atoms with Crippen LogP contribution in [0.15, 0.2) is 12.4 Å². The van der Waals surface area contributed by atoms with E-state index in [9.17, 15) is 8.42 Å². The third-order valence-corrected chi connectivity index (χ3v) is 3.23. The molecule has 0 aliphatic carbocycles. The Morgan fingerprint density at radius 1 is 1.28 bits per heavy atom. The highest BCUT2D eigenvalue weighted by atomic mass is 32.2. The second-order valence-electron chi connectivity index (χ2n) is 4.22. The highest BCUT2D eigenvalue weighted by Crippen LogP contribution is 2.10. The van der Waals surface area contributed by atoms with Gasteiger partial charge in [0, 0.05) is 25.0 Å². The first-order valence-electron chi connectivity index (χ1n) is 5.85. The molecule has 6 nitrogen and oxygen atoms in total. The van der Waals surface area contributed by atoms with Crippen LogP contribution < -0.4 is 10.0 Å². The van der Waals surface area contributed by atoms with Crippen molar-refractivity contribution in [3.05, 3.63) is 23.8 Å². The number of aromatic nitrogens is 2. The van der Waals surface area contributed by atoms with E-state index in [0.29, 0.717) is 6.54 Å². The van der Waals surface area contributed by atoms with Crippen LogP contribution in [0.2, 0.25) is 0 Å². The lowest BCUT2D eigenvalue weighted by Gasteiger charge is -2.14. The Kier molecular flexibility index (Phi) is 5.64. The molecule has 2 N–H and O–H groups in total. The number of rotatable bonds is 7. The number of nitrogens with one attached hydrogen (secondary N) is 2. The minimum absolute atomic E-state index is 0.108. The molecule has 0 amide bonds. The van der Waals surface area contributed by atoms with E-state index < -0.39 is 10.0 Å². The summed E-state index contributed by atoms with van der Waals surface area (Å²) in [5, 5.41) is 3.29. The van der Waals surface area contributed by atoms with E-state index >= 15 is 0 Å². The Balaban J connectivity index is 2.30. The van der Waals surface area contributed by atoms with Crippen molar-refractivity contribution in [2.75, 3.05) is 19.3 Å². The highest BCUT2D eigenvalue weighted by Gasteiger charge is 2.09. The molecule has 7 heteroatoms. The predicted octanol–water partition coefficient (Wildman–Crippen LogP) is 0.375. The Morgan fingerprint density at radius 2 is 1.94 bits per heavy atom. The number of nitrogens with zero attached hydrogens (tertiary/aromatic N) is 2. The van der Waals surface area contributed by atoms with E-state index in [1.165, 1.54) is 0 Å². The van der Waals surface area contributed by atoms with Gasteiger partial charge in [-0.2, -0.15) is 0 Å². The molecule has 0 radical (unpaired) electrons. The van der Waals surface area contributed by atoms with E-state index in [1.54, 1.807) is 12.4 Å². The van der Waals surface area contributed by atoms with Gasteiger partial charge in [0.15, 0.2) is 0 Å². The molecular formula is C11H20N4O2S. The second kappa shape index (κ2) is 6.77. The lowest BCUT2D eigenvalue weighted by molar-refractivity contribution is 0.536. The molecule has 1 atom stereocenters. The van der Waals surface area contributed by atoms with Crippen LogP contribution in [0.25, 0.3) is 0 Å². The van der Waals surface area contributed by atoms with Crippen LogP contribution in [-0.2, 0) is 10.0 Å². The van der Waals surface area contributed by atoms with Gasteiger partial charge in [-0.15, -0.1) is 0 Å². The van der Waals surface area contributed by atoms with Crippen LogP contribution in [0.5, 0.6) is 0 Å². The molecule has 1 rings (SSSR count). The molecule has 0 bridgehead atoms. The van der Waals surface area contributed by atoms with Crippen LogP contribution in [-0.4, -0.2) is 37.7 Å². The highest BCUT2D eigenvalue weighted by molar-refractivity contribution is 7.88. The van der Waals surface area contributed by atoms with Crippen molar-refractivity contribution in [3.63, 3.8) is 0 Å². The maximum Gasteiger partial charge on any atom is 0.208 e. The van der Waals surface area contributed by atoms with Crippen LogP contribution in [0.4, 0.5) is 0 Å². The molecular weight excluding hydrogens is 252 g/mol. The van der Waals surface area contributed by atoms with Crippen LogP contribution in [0, 0.1) is 6.92 Å². The Bertz CT molecular complexity index is 476. The summed E-state index contributed by atoms with van der Waals surface area (Å²) in [5.41, 5.74) is 1.83. The maximum atomic E-state index is 10.8. The summed E-state index contributed by atoms with van der Waals surface area (Å²) in [7, 11) is -3.08. The fourth-order valence-electron chi connectivity index (χ4n) is 1.60. The molecule has 0 aliphatic heterocycles. The third kappa shape index (κ3) is 5.52. The number of sulfonamides is 1. The van der Waals surface area contributed by atoms with Crippen molar-refractivity contribution in [3.8, 4) is 0 Å². The van der Waals surface area contributed by atoms with Gasteiger partial charge >= 0.3 is 0 Å². The van der Waals surface area contributed by atoms with Crippen LogP contribution >= 0.6 is 0 Å². The second-order valence-corrected chi connectivity index (χ2v) is 6.06. The Morgan fingerprint density at radius 3 is 2.56 bits per heavy atom. The van der Waals surface area contributed by atoms with Gasteiger partial charge < -0.3 is 5.32 Å². The zero-order chi connectivity index (χ0) is 13.6. The molecule has 0 aliphatic rings. The number of hydrogen-bond acceptors (Lipinski definition) is 5. The molecule has 1 aromatic heterocycles. The minimum Gasteiger partial charge on any atom is -0.309 e. The number of aryl methyl sites for hydroxylation is 1. The van der Waals surface area contributed by atoms with Gasteiger partial charge in [0.1, 0.15) is 0 Å². The van der Waals surface area contributed by atoms with Gasteiger partial charge in [-0.1, -0.05) is 0 Å². The Labute approximate surface area is 108 Å². The molecule has 0 aromatic carbocycles. The summed E-state index contributed by atoms with van der Waals surface area (Å²) < 4.78 is 24.1. The normalized spacial score (nSPS) is 13.5. The van der Waals surface area contributed by atoms with Crippen molar-refractivity contribution in [2.24, 2.45) is 0 Å². The molecule has 18 heavy (non-hydrogen) atoms. The van der Waals surface area contributed by atoms with E-state index in [0.717, 1.165) is 30.6 Å². The van der Waals surface area contributed by atoms with E-state index in [-0.39, 0.29) is 6.04 Å². The molecule has 0 saturated heterocycles. The van der Waals surface area contributed by atoms with Crippen molar-refractivity contribution < 1.29 is 8.42 Å². The van der Waals surface area contributed by atoms with Gasteiger partial charge in [0.2, 0.25) is 10.0 Å². The summed E-state index contributed by atoms with van der Waals surface area (Å²) in [6.45, 7) is 5.10. The zero-order valence-electron chi connectivity index (χ0n) is 11.0. The maximum absolute atomic E-state index is 10.8. The first kappa shape index (κ1) is 15.0. The van der Waals surface area contributed by atoms with Gasteiger partial charge in [-0.25, -0.2) is 13.1 Å². The first-order valence-corrected chi connectivity index (χ1v) is 7.75. The van der Waals surface area contributed by atoms with Gasteiger partial charge in [-0.05, 0) is 26.8 Å². The minimum atomic E-state index is -3.08. The smallest absolute Gasteiger partial charge is 0.208 e. The summed E-state index contributed by atoms with van der Waals surface area (Å²) >= 11 is 0. The topological polar surface area (TPSA) is 84.0 Å². The predicted molar refractivity (Wildman–Crippen MR) is 70.7 cm³/mol. The summed E-state index contributed by atoms with van der Waals surface area (Å²) in [4.78, 5) is 8.46. The van der Waals surface area contributed by atoms with Crippen molar-refractivity contribution in [1.29, 1.82) is 0 Å². The number of hydrogen-bond donors (Lipinski definition) is 2. The van der Waals surface area contributed by atoms with Gasteiger partial charge in [-0.3, -0.25) is 9.97 Å². The third-order valence-electron chi connectivity index (χ3n) is 2.50.